The Bertz CT molecular complexity index is 948. The molecule has 6 atom stereocenters. The maximum atomic E-state index is 14.8. The fraction of sp³-hybridized carbons (Fsp3) is 0.844. The Kier molecular flexibility index (Phi) is 10.8. The standard InChI is InChI=1S/C32H55FN6O2/c1-2-3-4-5-6-9-24-29(26(11-16-36-24)41-27-21-39-17-12-22(27)20-39)38-31(40)28(30(34)35)25-18-32(13-7-8-14-32)15-10-23(33)19-37-25/h12,23-25,27-28,30,36-37H,2-11,13-21,34-35H2,1H3,(H,38,40)/t23?,24?,25?,27-,28?/m1/s1. The van der Waals surface area contributed by atoms with Crippen LogP contribution in [0.15, 0.2) is 23.1 Å². The Morgan fingerprint density at radius 1 is 1.20 bits per heavy atom. The average molecular weight is 575 g/mol. The number of alkyl halides is 1. The zero-order chi connectivity index (χ0) is 28.8. The summed E-state index contributed by atoms with van der Waals surface area (Å²) in [4.78, 5) is 16.6. The molecule has 5 aliphatic rings. The van der Waals surface area contributed by atoms with Gasteiger partial charge in [-0.05, 0) is 49.5 Å². The number of hydrogen-bond acceptors (Lipinski definition) is 7. The van der Waals surface area contributed by atoms with Gasteiger partial charge in [0.15, 0.2) is 0 Å². The number of unbranched alkanes of at least 4 members (excludes halogenated alkanes) is 4. The summed E-state index contributed by atoms with van der Waals surface area (Å²) < 4.78 is 21.4. The molecule has 0 aromatic carbocycles. The van der Waals surface area contributed by atoms with Gasteiger partial charge in [-0.1, -0.05) is 57.9 Å². The van der Waals surface area contributed by atoms with Crippen molar-refractivity contribution in [2.45, 2.75) is 127 Å². The van der Waals surface area contributed by atoms with Crippen LogP contribution in [0.1, 0.15) is 96.8 Å². The van der Waals surface area contributed by atoms with Gasteiger partial charge in [0, 0.05) is 45.2 Å². The molecule has 2 bridgehead atoms. The SMILES string of the molecule is CCCCCCCC1NCCC(O[C@@H]2CN3CC=C2C3)=C1NC(=O)C(C(N)N)C1CC2(CCCC2)CCC(F)CN1. The molecule has 232 valence electrons. The van der Waals surface area contributed by atoms with E-state index >= 15 is 0 Å². The van der Waals surface area contributed by atoms with Crippen molar-refractivity contribution in [3.05, 3.63) is 23.1 Å². The van der Waals surface area contributed by atoms with Crippen molar-refractivity contribution in [1.29, 1.82) is 0 Å². The molecular weight excluding hydrogens is 519 g/mol. The minimum atomic E-state index is -0.915. The zero-order valence-corrected chi connectivity index (χ0v) is 25.3. The second-order valence-electron chi connectivity index (χ2n) is 13.5. The highest BCUT2D eigenvalue weighted by molar-refractivity contribution is 5.82. The third kappa shape index (κ3) is 7.71. The molecule has 7 N–H and O–H groups in total. The lowest BCUT2D eigenvalue weighted by atomic mass is 9.72. The molecular formula is C32H55FN6O2. The number of amides is 1. The summed E-state index contributed by atoms with van der Waals surface area (Å²) >= 11 is 0. The van der Waals surface area contributed by atoms with E-state index in [2.05, 4.69) is 33.9 Å². The maximum absolute atomic E-state index is 14.8. The predicted molar refractivity (Wildman–Crippen MR) is 161 cm³/mol. The molecule has 0 aromatic heterocycles. The average Bonchev–Trinajstić information content (AvgIpc) is 3.69. The van der Waals surface area contributed by atoms with Gasteiger partial charge in [-0.3, -0.25) is 9.69 Å². The summed E-state index contributed by atoms with van der Waals surface area (Å²) in [5.74, 6) is 0.0599. The third-order valence-electron chi connectivity index (χ3n) is 10.4. The van der Waals surface area contributed by atoms with E-state index in [1.807, 2.05) is 0 Å². The lowest BCUT2D eigenvalue weighted by Gasteiger charge is -2.41. The third-order valence-corrected chi connectivity index (χ3v) is 10.4. The van der Waals surface area contributed by atoms with Gasteiger partial charge in [-0.2, -0.15) is 0 Å². The van der Waals surface area contributed by atoms with Crippen LogP contribution in [0, 0.1) is 11.3 Å². The van der Waals surface area contributed by atoms with Crippen LogP contribution in [-0.4, -0.2) is 74.1 Å². The quantitative estimate of drug-likeness (QED) is 0.137. The number of carbonyl (C=O) groups excluding carboxylic acids is 1. The second kappa shape index (κ2) is 14.3. The van der Waals surface area contributed by atoms with E-state index in [1.54, 1.807) is 0 Å². The van der Waals surface area contributed by atoms with Gasteiger partial charge in [-0.25, -0.2) is 4.39 Å². The molecule has 1 spiro atoms. The summed E-state index contributed by atoms with van der Waals surface area (Å²) in [6.45, 7) is 6.19. The lowest BCUT2D eigenvalue weighted by Crippen LogP contribution is -2.59. The van der Waals surface area contributed by atoms with E-state index < -0.39 is 18.3 Å². The molecule has 2 saturated heterocycles. The van der Waals surface area contributed by atoms with Crippen LogP contribution in [0.5, 0.6) is 0 Å². The molecule has 1 saturated carbocycles. The number of ether oxygens (including phenoxy) is 1. The Labute approximate surface area is 246 Å². The number of rotatable bonds is 12. The number of carbonyl (C=O) groups is 1. The Morgan fingerprint density at radius 2 is 2.00 bits per heavy atom. The van der Waals surface area contributed by atoms with Crippen molar-refractivity contribution < 1.29 is 13.9 Å². The highest BCUT2D eigenvalue weighted by Crippen LogP contribution is 2.47. The first-order valence-corrected chi connectivity index (χ1v) is 16.6. The minimum Gasteiger partial charge on any atom is -0.487 e. The number of nitrogens with one attached hydrogen (secondary N) is 3. The van der Waals surface area contributed by atoms with Gasteiger partial charge in [0.1, 0.15) is 18.0 Å². The predicted octanol–water partition coefficient (Wildman–Crippen LogP) is 3.58. The molecule has 4 aliphatic heterocycles. The van der Waals surface area contributed by atoms with E-state index in [1.165, 1.54) is 44.1 Å². The molecule has 9 heteroatoms. The lowest BCUT2D eigenvalue weighted by molar-refractivity contribution is -0.126. The van der Waals surface area contributed by atoms with Crippen molar-refractivity contribution in [3.63, 3.8) is 0 Å². The van der Waals surface area contributed by atoms with Crippen LogP contribution < -0.4 is 27.4 Å². The van der Waals surface area contributed by atoms with Crippen molar-refractivity contribution >= 4 is 5.91 Å². The molecule has 5 rings (SSSR count). The summed E-state index contributed by atoms with van der Waals surface area (Å²) in [7, 11) is 0. The van der Waals surface area contributed by atoms with Crippen molar-refractivity contribution in [2.75, 3.05) is 32.7 Å². The summed E-state index contributed by atoms with van der Waals surface area (Å²) in [5, 5.41) is 10.4. The molecule has 8 nitrogen and oxygen atoms in total. The van der Waals surface area contributed by atoms with Crippen LogP contribution >= 0.6 is 0 Å². The molecule has 1 aliphatic carbocycles. The van der Waals surface area contributed by atoms with Crippen LogP contribution in [0.4, 0.5) is 4.39 Å². The largest absolute Gasteiger partial charge is 0.487 e. The monoisotopic (exact) mass is 574 g/mol. The van der Waals surface area contributed by atoms with Gasteiger partial charge in [0.25, 0.3) is 0 Å². The first-order valence-electron chi connectivity index (χ1n) is 16.6. The Hall–Kier alpha value is -1.52. The van der Waals surface area contributed by atoms with Crippen molar-refractivity contribution in [2.24, 2.45) is 22.8 Å². The van der Waals surface area contributed by atoms with Crippen LogP contribution in [0.3, 0.4) is 0 Å². The smallest absolute Gasteiger partial charge is 0.231 e. The summed E-state index contributed by atoms with van der Waals surface area (Å²) in [6, 6.07) is -0.238. The molecule has 0 aromatic rings. The summed E-state index contributed by atoms with van der Waals surface area (Å²) in [5.41, 5.74) is 15.0. The van der Waals surface area contributed by atoms with Gasteiger partial charge in [0.05, 0.1) is 23.8 Å². The zero-order valence-electron chi connectivity index (χ0n) is 25.3. The highest BCUT2D eigenvalue weighted by atomic mass is 19.1. The van der Waals surface area contributed by atoms with Crippen LogP contribution in [0.25, 0.3) is 0 Å². The maximum Gasteiger partial charge on any atom is 0.231 e. The molecule has 3 fully saturated rings. The van der Waals surface area contributed by atoms with E-state index in [4.69, 9.17) is 16.2 Å². The Balaban J connectivity index is 1.35. The second-order valence-corrected chi connectivity index (χ2v) is 13.5. The van der Waals surface area contributed by atoms with Gasteiger partial charge >= 0.3 is 0 Å². The number of hydrogen-bond donors (Lipinski definition) is 5. The van der Waals surface area contributed by atoms with Gasteiger partial charge < -0.3 is 32.2 Å². The van der Waals surface area contributed by atoms with Crippen LogP contribution in [0.2, 0.25) is 0 Å². The van der Waals surface area contributed by atoms with Crippen LogP contribution in [-0.2, 0) is 9.53 Å². The van der Waals surface area contributed by atoms with E-state index in [9.17, 15) is 9.18 Å². The summed E-state index contributed by atoms with van der Waals surface area (Å²) in [6.07, 6.45) is 15.0. The Morgan fingerprint density at radius 3 is 2.71 bits per heavy atom. The molecule has 5 unspecified atom stereocenters. The molecule has 1 amide bonds. The fourth-order valence-corrected chi connectivity index (χ4v) is 8.07. The first-order chi connectivity index (χ1) is 19.9. The number of nitrogens with two attached hydrogens (primary N) is 2. The topological polar surface area (TPSA) is 118 Å². The van der Waals surface area contributed by atoms with E-state index in [-0.39, 0.29) is 36.1 Å². The van der Waals surface area contributed by atoms with Gasteiger partial charge in [-0.15, -0.1) is 0 Å². The number of fused-ring (bicyclic) bond motifs is 2. The van der Waals surface area contributed by atoms with Gasteiger partial charge in [0.2, 0.25) is 5.91 Å². The number of halogens is 1. The first kappa shape index (κ1) is 30.9. The normalized spacial score (nSPS) is 32.2. The number of nitrogens with zero attached hydrogens (tertiary/aromatic N) is 1. The molecule has 41 heavy (non-hydrogen) atoms. The van der Waals surface area contributed by atoms with Crippen molar-refractivity contribution in [3.8, 4) is 0 Å². The molecule has 4 heterocycles. The van der Waals surface area contributed by atoms with E-state index in [0.717, 1.165) is 82.6 Å². The highest BCUT2D eigenvalue weighted by Gasteiger charge is 2.43. The van der Waals surface area contributed by atoms with E-state index in [0.29, 0.717) is 6.42 Å². The fourth-order valence-electron chi connectivity index (χ4n) is 8.07. The molecule has 0 radical (unpaired) electrons. The minimum absolute atomic E-state index is 0.0218. The van der Waals surface area contributed by atoms with Crippen molar-refractivity contribution in [1.82, 2.24) is 20.9 Å².